The van der Waals surface area contributed by atoms with E-state index in [0.29, 0.717) is 5.82 Å². The number of anilines is 3. The highest BCUT2D eigenvalue weighted by molar-refractivity contribution is 6.25. The zero-order valence-corrected chi connectivity index (χ0v) is 32.9. The molecule has 0 fully saturated rings. The van der Waals surface area contributed by atoms with Crippen molar-refractivity contribution in [3.63, 3.8) is 0 Å². The Bertz CT molecular complexity index is 3540. The summed E-state index contributed by atoms with van der Waals surface area (Å²) in [4.78, 5) is 12.8. The molecule has 5 nitrogen and oxygen atoms in total. The lowest BCUT2D eigenvalue weighted by Gasteiger charge is -2.26. The van der Waals surface area contributed by atoms with Gasteiger partial charge >= 0.3 is 0 Å². The van der Waals surface area contributed by atoms with Crippen LogP contribution in [0.25, 0.3) is 99.7 Å². The van der Waals surface area contributed by atoms with E-state index in [1.165, 1.54) is 0 Å². The molecule has 0 aliphatic heterocycles. The average Bonchev–Trinajstić information content (AvgIpc) is 3.91. The second kappa shape index (κ2) is 14.2. The molecule has 0 radical (unpaired) electrons. The van der Waals surface area contributed by atoms with Gasteiger partial charge in [-0.25, -0.2) is 9.97 Å². The highest BCUT2D eigenvalue weighted by Crippen LogP contribution is 2.46. The maximum absolute atomic E-state index is 7.00. The number of furan rings is 2. The molecule has 12 aromatic rings. The van der Waals surface area contributed by atoms with Crippen LogP contribution in [-0.4, -0.2) is 9.97 Å². The van der Waals surface area contributed by atoms with E-state index in [1.807, 2.05) is 60.7 Å². The Labute approximate surface area is 351 Å². The molecule has 0 bridgehead atoms. The molecular weight excluding hydrogens is 747 g/mol. The van der Waals surface area contributed by atoms with Crippen LogP contribution >= 0.6 is 0 Å². The van der Waals surface area contributed by atoms with Crippen LogP contribution in [0, 0.1) is 0 Å². The number of hydrogen-bond donors (Lipinski definition) is 0. The van der Waals surface area contributed by atoms with E-state index in [-0.39, 0.29) is 0 Å². The molecule has 0 saturated carbocycles. The topological polar surface area (TPSA) is 55.3 Å². The van der Waals surface area contributed by atoms with Crippen LogP contribution in [0.15, 0.2) is 221 Å². The summed E-state index contributed by atoms with van der Waals surface area (Å²) in [5.41, 5.74) is 13.1. The minimum Gasteiger partial charge on any atom is -0.456 e. The van der Waals surface area contributed by atoms with Crippen molar-refractivity contribution in [3.05, 3.63) is 212 Å². The molecule has 12 rings (SSSR count). The van der Waals surface area contributed by atoms with Crippen LogP contribution in [0.2, 0.25) is 0 Å². The molecule has 286 valence electrons. The number of nitrogens with zero attached hydrogens (tertiary/aromatic N) is 3. The van der Waals surface area contributed by atoms with Crippen LogP contribution < -0.4 is 4.90 Å². The zero-order valence-electron chi connectivity index (χ0n) is 32.9. The Morgan fingerprint density at radius 1 is 0.344 bits per heavy atom. The first-order valence-corrected chi connectivity index (χ1v) is 20.5. The highest BCUT2D eigenvalue weighted by atomic mass is 16.3. The summed E-state index contributed by atoms with van der Waals surface area (Å²) in [6.07, 6.45) is 0. The standard InChI is InChI=1S/C56H35N3O2/c1-4-16-36(17-5-1)48-35-49(37-18-6-2-7-19-37)58-56(57-48)46-27-15-29-51-53(46)54-43-25-11-10-20-39(43)33-47(55(54)61-51)38-21-14-24-41(32-38)59(40-22-8-3-9-23-40)42-30-31-45-44-26-12-13-28-50(44)60-52(45)34-42/h1-35H. The van der Waals surface area contributed by atoms with Gasteiger partial charge in [-0.1, -0.05) is 146 Å². The molecule has 0 unspecified atom stereocenters. The maximum Gasteiger partial charge on any atom is 0.161 e. The third-order valence-corrected chi connectivity index (χ3v) is 11.6. The van der Waals surface area contributed by atoms with Crippen LogP contribution in [0.4, 0.5) is 17.1 Å². The Kier molecular flexibility index (Phi) is 8.10. The van der Waals surface area contributed by atoms with Gasteiger partial charge in [0.15, 0.2) is 5.82 Å². The predicted molar refractivity (Wildman–Crippen MR) is 251 cm³/mol. The molecule has 5 heteroatoms. The Morgan fingerprint density at radius 3 is 1.70 bits per heavy atom. The van der Waals surface area contributed by atoms with Gasteiger partial charge in [-0.2, -0.15) is 0 Å². The fourth-order valence-corrected chi connectivity index (χ4v) is 8.84. The van der Waals surface area contributed by atoms with Gasteiger partial charge in [-0.3, -0.25) is 0 Å². The minimum atomic E-state index is 0.643. The number of fused-ring (bicyclic) bond motifs is 8. The number of aromatic nitrogens is 2. The van der Waals surface area contributed by atoms with Crippen molar-refractivity contribution in [2.45, 2.75) is 0 Å². The Morgan fingerprint density at radius 2 is 0.934 bits per heavy atom. The summed E-state index contributed by atoms with van der Waals surface area (Å²) in [6.45, 7) is 0. The zero-order chi connectivity index (χ0) is 40.3. The smallest absolute Gasteiger partial charge is 0.161 e. The second-order valence-electron chi connectivity index (χ2n) is 15.3. The third-order valence-electron chi connectivity index (χ3n) is 11.6. The van der Waals surface area contributed by atoms with E-state index >= 15 is 0 Å². The lowest BCUT2D eigenvalue weighted by Crippen LogP contribution is -2.09. The summed E-state index contributed by atoms with van der Waals surface area (Å²) in [5.74, 6) is 0.643. The van der Waals surface area contributed by atoms with Crippen molar-refractivity contribution in [3.8, 4) is 45.0 Å². The predicted octanol–water partition coefficient (Wildman–Crippen LogP) is 15.6. The van der Waals surface area contributed by atoms with Crippen molar-refractivity contribution >= 4 is 71.7 Å². The molecule has 3 aromatic heterocycles. The third kappa shape index (κ3) is 5.94. The quantitative estimate of drug-likeness (QED) is 0.161. The average molecular weight is 782 g/mol. The van der Waals surface area contributed by atoms with Crippen molar-refractivity contribution < 1.29 is 8.83 Å². The molecule has 0 amide bonds. The Balaban J connectivity index is 1.07. The van der Waals surface area contributed by atoms with Crippen LogP contribution in [-0.2, 0) is 0 Å². The molecule has 61 heavy (non-hydrogen) atoms. The molecular formula is C56H35N3O2. The monoisotopic (exact) mass is 781 g/mol. The SMILES string of the molecule is c1ccc(-c2cc(-c3ccccc3)nc(-c3cccc4oc5c(-c6cccc(N(c7ccccc7)c7ccc8c(c7)oc7ccccc78)c6)cc6ccccc6c5c34)n2)cc1. The first-order valence-electron chi connectivity index (χ1n) is 20.5. The number of para-hydroxylation sites is 2. The normalized spacial score (nSPS) is 11.6. The number of rotatable bonds is 7. The lowest BCUT2D eigenvalue weighted by molar-refractivity contribution is 0.669. The first-order chi connectivity index (χ1) is 30.2. The fourth-order valence-electron chi connectivity index (χ4n) is 8.84. The molecule has 0 atom stereocenters. The van der Waals surface area contributed by atoms with Gasteiger partial charge in [0.25, 0.3) is 0 Å². The van der Waals surface area contributed by atoms with Gasteiger partial charge in [0.1, 0.15) is 22.3 Å². The van der Waals surface area contributed by atoms with Gasteiger partial charge in [-0.15, -0.1) is 0 Å². The summed E-state index contributed by atoms with van der Waals surface area (Å²) in [5, 5.41) is 6.45. The summed E-state index contributed by atoms with van der Waals surface area (Å²) in [6, 6.07) is 73.6. The van der Waals surface area contributed by atoms with Crippen molar-refractivity contribution in [1.29, 1.82) is 0 Å². The van der Waals surface area contributed by atoms with Crippen LogP contribution in [0.3, 0.4) is 0 Å². The minimum absolute atomic E-state index is 0.643. The van der Waals surface area contributed by atoms with E-state index in [4.69, 9.17) is 18.8 Å². The molecule has 3 heterocycles. The van der Waals surface area contributed by atoms with E-state index in [9.17, 15) is 0 Å². The Hall–Kier alpha value is -8.28. The summed E-state index contributed by atoms with van der Waals surface area (Å²) >= 11 is 0. The highest BCUT2D eigenvalue weighted by Gasteiger charge is 2.23. The second-order valence-corrected chi connectivity index (χ2v) is 15.3. The van der Waals surface area contributed by atoms with Crippen LogP contribution in [0.5, 0.6) is 0 Å². The van der Waals surface area contributed by atoms with Crippen molar-refractivity contribution in [1.82, 2.24) is 9.97 Å². The fraction of sp³-hybridized carbons (Fsp3) is 0. The molecule has 0 aliphatic carbocycles. The molecule has 0 saturated heterocycles. The van der Waals surface area contributed by atoms with Gasteiger partial charge in [0.05, 0.1) is 11.4 Å². The van der Waals surface area contributed by atoms with Crippen molar-refractivity contribution in [2.24, 2.45) is 0 Å². The molecule has 0 aliphatic rings. The number of benzene rings is 9. The molecule has 0 N–H and O–H groups in total. The van der Waals surface area contributed by atoms with Gasteiger partial charge in [0.2, 0.25) is 0 Å². The van der Waals surface area contributed by atoms with Crippen molar-refractivity contribution in [2.75, 3.05) is 4.90 Å². The van der Waals surface area contributed by atoms with Gasteiger partial charge in [0, 0.05) is 66.9 Å². The summed E-state index contributed by atoms with van der Waals surface area (Å²) < 4.78 is 13.4. The van der Waals surface area contributed by atoms with E-state index < -0.39 is 0 Å². The van der Waals surface area contributed by atoms with Crippen LogP contribution in [0.1, 0.15) is 0 Å². The van der Waals surface area contributed by atoms with E-state index in [2.05, 4.69) is 157 Å². The van der Waals surface area contributed by atoms with E-state index in [1.54, 1.807) is 0 Å². The lowest BCUT2D eigenvalue weighted by atomic mass is 9.94. The first kappa shape index (κ1) is 34.7. The largest absolute Gasteiger partial charge is 0.456 e. The van der Waals surface area contributed by atoms with Gasteiger partial charge < -0.3 is 13.7 Å². The maximum atomic E-state index is 7.00. The summed E-state index contributed by atoms with van der Waals surface area (Å²) in [7, 11) is 0. The molecule has 0 spiro atoms. The van der Waals surface area contributed by atoms with E-state index in [0.717, 1.165) is 111 Å². The van der Waals surface area contributed by atoms with Gasteiger partial charge in [-0.05, 0) is 77.0 Å². The molecule has 9 aromatic carbocycles. The number of hydrogen-bond acceptors (Lipinski definition) is 5.